The van der Waals surface area contributed by atoms with Gasteiger partial charge in [-0.1, -0.05) is 11.3 Å². The summed E-state index contributed by atoms with van der Waals surface area (Å²) in [5.41, 5.74) is 0.466. The maximum Gasteiger partial charge on any atom is 0.410 e. The molecule has 26 heavy (non-hydrogen) atoms. The van der Waals surface area contributed by atoms with Crippen LogP contribution in [0.4, 0.5) is 4.79 Å². The number of amides is 1. The van der Waals surface area contributed by atoms with Crippen molar-refractivity contribution >= 4 is 23.2 Å². The molecular weight excluding hydrogens is 510 g/mol. The van der Waals surface area contributed by atoms with Gasteiger partial charge in [-0.2, -0.15) is 0 Å². The van der Waals surface area contributed by atoms with Crippen LogP contribution in [0, 0.1) is 6.08 Å². The van der Waals surface area contributed by atoms with Crippen LogP contribution in [0.5, 0.6) is 0 Å². The van der Waals surface area contributed by atoms with E-state index in [2.05, 4.69) is 21.4 Å². The van der Waals surface area contributed by atoms with Gasteiger partial charge in [0, 0.05) is 40.4 Å². The molecule has 2 aromatic heterocycles. The van der Waals surface area contributed by atoms with Crippen molar-refractivity contribution in [3.8, 4) is 0 Å². The Hall–Kier alpha value is -2.28. The van der Waals surface area contributed by atoms with Crippen molar-refractivity contribution in [2.75, 3.05) is 13.1 Å². The van der Waals surface area contributed by atoms with Gasteiger partial charge in [0.15, 0.2) is 0 Å². The summed E-state index contributed by atoms with van der Waals surface area (Å²) in [6.07, 6.45) is 4.42. The Morgan fingerprint density at radius 2 is 2.08 bits per heavy atom. The van der Waals surface area contributed by atoms with Crippen molar-refractivity contribution in [1.29, 1.82) is 0 Å². The number of pyridine rings is 1. The molecule has 0 aliphatic carbocycles. The smallest absolute Gasteiger partial charge is 0.410 e. The average molecular weight is 528 g/mol. The molecule has 1 aliphatic rings. The third-order valence-electron chi connectivity index (χ3n) is 3.32. The average Bonchev–Trinajstić information content (AvgIpc) is 2.97. The van der Waals surface area contributed by atoms with E-state index in [1.807, 2.05) is 0 Å². The second-order valence-electron chi connectivity index (χ2n) is 6.49. The van der Waals surface area contributed by atoms with Gasteiger partial charge >= 0.3 is 6.09 Å². The van der Waals surface area contributed by atoms with Gasteiger partial charge in [-0.25, -0.2) is 9.78 Å². The fourth-order valence-electron chi connectivity index (χ4n) is 2.23. The maximum atomic E-state index is 12.3. The molecule has 0 aromatic carbocycles. The molecule has 0 atom stereocenters. The van der Waals surface area contributed by atoms with Crippen molar-refractivity contribution in [3.63, 3.8) is 0 Å². The van der Waals surface area contributed by atoms with Gasteiger partial charge in [0.25, 0.3) is 0 Å². The molecular formula is C16H18N5O4W-. The molecule has 1 amide bonds. The van der Waals surface area contributed by atoms with Crippen LogP contribution in [0.3, 0.4) is 0 Å². The molecule has 3 rings (SSSR count). The van der Waals surface area contributed by atoms with Gasteiger partial charge in [-0.05, 0) is 38.1 Å². The first kappa shape index (κ1) is 20.0. The largest absolute Gasteiger partial charge is 0.444 e. The first-order chi connectivity index (χ1) is 11.8. The van der Waals surface area contributed by atoms with E-state index in [0.717, 1.165) is 4.85 Å². The van der Waals surface area contributed by atoms with Gasteiger partial charge in [-0.3, -0.25) is 6.08 Å². The van der Waals surface area contributed by atoms with Gasteiger partial charge in [0.05, 0.1) is 0 Å². The van der Waals surface area contributed by atoms with Crippen LogP contribution in [0.15, 0.2) is 23.9 Å². The zero-order valence-electron chi connectivity index (χ0n) is 14.6. The minimum atomic E-state index is -0.661. The van der Waals surface area contributed by atoms with Crippen molar-refractivity contribution in [3.05, 3.63) is 30.0 Å². The van der Waals surface area contributed by atoms with E-state index in [9.17, 15) is 9.59 Å². The molecule has 0 saturated carbocycles. The maximum absolute atomic E-state index is 12.3. The Morgan fingerprint density at radius 1 is 1.31 bits per heavy atom. The number of carbonyl (C=O) groups excluding carboxylic acids is 2. The number of nitrogens with zero attached hydrogens (tertiary/aromatic N) is 5. The molecule has 0 unspecified atom stereocenters. The van der Waals surface area contributed by atoms with Crippen LogP contribution in [0.2, 0.25) is 0 Å². The molecule has 0 N–H and O–H groups in total. The van der Waals surface area contributed by atoms with Crippen LogP contribution >= 0.6 is 0 Å². The van der Waals surface area contributed by atoms with Gasteiger partial charge in [-0.15, -0.1) is 10.7 Å². The third kappa shape index (κ3) is 4.66. The SMILES string of the molecule is CC(C)(C)OC(=O)N1CC[C-]=C(C(=O)On2nnc3cccnc32)C1.[W]. The zero-order chi connectivity index (χ0) is 18.0. The standard InChI is InChI=1S/C16H18N5O4.W/c1-16(2,3)24-15(23)20-9-5-6-11(10-20)14(22)25-21-13-12(18-19-21)7-4-8-17-13;/h4,7-8H,5,9-10H2,1-3H3;/q-1;. The number of carbonyl (C=O) groups is 2. The zero-order valence-corrected chi connectivity index (χ0v) is 17.6. The number of hydrogen-bond donors (Lipinski definition) is 0. The molecule has 138 valence electrons. The second kappa shape index (κ2) is 7.95. The first-order valence-corrected chi connectivity index (χ1v) is 7.80. The molecule has 0 spiro atoms. The van der Waals surface area contributed by atoms with Crippen LogP contribution in [0.1, 0.15) is 27.2 Å². The Morgan fingerprint density at radius 3 is 2.81 bits per heavy atom. The van der Waals surface area contributed by atoms with Gasteiger partial charge in [0.2, 0.25) is 11.6 Å². The Balaban J connectivity index is 0.00000243. The summed E-state index contributed by atoms with van der Waals surface area (Å²) < 4.78 is 5.33. The van der Waals surface area contributed by atoms with Crippen LogP contribution in [0.25, 0.3) is 11.2 Å². The predicted octanol–water partition coefficient (Wildman–Crippen LogP) is 1.15. The van der Waals surface area contributed by atoms with E-state index in [-0.39, 0.29) is 33.2 Å². The van der Waals surface area contributed by atoms with Gasteiger partial charge in [0.1, 0.15) is 11.1 Å². The van der Waals surface area contributed by atoms with Crippen molar-refractivity contribution < 1.29 is 40.2 Å². The molecule has 0 radical (unpaired) electrons. The fraction of sp³-hybridized carbons (Fsp3) is 0.438. The summed E-state index contributed by atoms with van der Waals surface area (Å²) in [5.74, 6) is -0.661. The fourth-order valence-corrected chi connectivity index (χ4v) is 2.23. The van der Waals surface area contributed by atoms with Crippen LogP contribution in [-0.2, 0) is 30.6 Å². The minimum absolute atomic E-state index is 0. The summed E-state index contributed by atoms with van der Waals surface area (Å²) in [5, 5.41) is 7.61. The summed E-state index contributed by atoms with van der Waals surface area (Å²) >= 11 is 0. The Labute approximate surface area is 164 Å². The quantitative estimate of drug-likeness (QED) is 0.426. The number of fused-ring (bicyclic) bond motifs is 1. The molecule has 0 saturated heterocycles. The number of rotatable bonds is 2. The van der Waals surface area contributed by atoms with E-state index in [4.69, 9.17) is 9.57 Å². The van der Waals surface area contributed by atoms with Gasteiger partial charge < -0.3 is 19.3 Å². The molecule has 3 heterocycles. The van der Waals surface area contributed by atoms with E-state index < -0.39 is 17.7 Å². The molecule has 0 bridgehead atoms. The topological polar surface area (TPSA) is 99.4 Å². The molecule has 2 aromatic rings. The normalized spacial score (nSPS) is 14.4. The molecule has 10 heteroatoms. The predicted molar refractivity (Wildman–Crippen MR) is 86.1 cm³/mol. The van der Waals surface area contributed by atoms with Crippen molar-refractivity contribution in [1.82, 2.24) is 25.0 Å². The monoisotopic (exact) mass is 528 g/mol. The number of aromatic nitrogens is 4. The minimum Gasteiger partial charge on any atom is -0.444 e. The summed E-state index contributed by atoms with van der Waals surface area (Å²) in [4.78, 5) is 36.2. The summed E-state index contributed by atoms with van der Waals surface area (Å²) in [6.45, 7) is 5.85. The van der Waals surface area contributed by atoms with E-state index >= 15 is 0 Å². The third-order valence-corrected chi connectivity index (χ3v) is 3.32. The molecule has 0 fully saturated rings. The molecule has 9 nitrogen and oxygen atoms in total. The first-order valence-electron chi connectivity index (χ1n) is 7.80. The van der Waals surface area contributed by atoms with E-state index in [1.165, 1.54) is 4.90 Å². The Bertz CT molecular complexity index is 843. The summed E-state index contributed by atoms with van der Waals surface area (Å²) in [6, 6.07) is 3.41. The number of ether oxygens (including phenoxy) is 1. The summed E-state index contributed by atoms with van der Waals surface area (Å²) in [7, 11) is 0. The van der Waals surface area contributed by atoms with E-state index in [0.29, 0.717) is 24.1 Å². The van der Waals surface area contributed by atoms with Crippen LogP contribution in [-0.4, -0.2) is 55.8 Å². The van der Waals surface area contributed by atoms with Crippen molar-refractivity contribution in [2.24, 2.45) is 0 Å². The van der Waals surface area contributed by atoms with E-state index in [1.54, 1.807) is 39.1 Å². The second-order valence-corrected chi connectivity index (χ2v) is 6.49. The van der Waals surface area contributed by atoms with Crippen LogP contribution < -0.4 is 4.84 Å². The molecule has 1 aliphatic heterocycles. The number of hydrogen-bond acceptors (Lipinski definition) is 7. The Kier molecular flexibility index (Phi) is 6.12. The van der Waals surface area contributed by atoms with Crippen molar-refractivity contribution in [2.45, 2.75) is 32.8 Å².